The van der Waals surface area contributed by atoms with E-state index in [2.05, 4.69) is 0 Å². The van der Waals surface area contributed by atoms with E-state index in [1.165, 1.54) is 0 Å². The normalized spacial score (nSPS) is 23.7. The van der Waals surface area contributed by atoms with Gasteiger partial charge in [-0.1, -0.05) is 0 Å². The summed E-state index contributed by atoms with van der Waals surface area (Å²) in [6.07, 6.45) is -4.20. The van der Waals surface area contributed by atoms with Crippen molar-refractivity contribution in [3.8, 4) is 0 Å². The molecular weight excluding hydrogens is 207 g/mol. The third-order valence-corrected chi connectivity index (χ3v) is 2.35. The van der Waals surface area contributed by atoms with Gasteiger partial charge in [0.2, 0.25) is 5.91 Å². The summed E-state index contributed by atoms with van der Waals surface area (Å²) >= 11 is 5.22. The SMILES string of the molecule is O=C(CCl)N1CC[C@@H](C(F)(F)F)C1. The lowest BCUT2D eigenvalue weighted by atomic mass is 10.1. The Morgan fingerprint density at radius 2 is 2.15 bits per heavy atom. The lowest BCUT2D eigenvalue weighted by Crippen LogP contribution is -2.32. The predicted molar refractivity (Wildman–Crippen MR) is 41.5 cm³/mol. The molecule has 6 heteroatoms. The molecule has 1 aliphatic rings. The van der Waals surface area contributed by atoms with E-state index < -0.39 is 18.0 Å². The summed E-state index contributed by atoms with van der Waals surface area (Å²) in [5.74, 6) is -2.04. The van der Waals surface area contributed by atoms with E-state index in [1.807, 2.05) is 0 Å². The Kier molecular flexibility index (Phi) is 3.05. The molecule has 1 atom stereocenters. The summed E-state index contributed by atoms with van der Waals surface area (Å²) in [4.78, 5) is 12.1. The summed E-state index contributed by atoms with van der Waals surface area (Å²) in [5.41, 5.74) is 0. The van der Waals surface area contributed by atoms with E-state index in [9.17, 15) is 18.0 Å². The number of hydrogen-bond donors (Lipinski definition) is 0. The van der Waals surface area contributed by atoms with Gasteiger partial charge in [-0.25, -0.2) is 0 Å². The molecule has 1 aliphatic heterocycles. The topological polar surface area (TPSA) is 20.3 Å². The van der Waals surface area contributed by atoms with Crippen molar-refractivity contribution >= 4 is 17.5 Å². The smallest absolute Gasteiger partial charge is 0.341 e. The van der Waals surface area contributed by atoms with Crippen molar-refractivity contribution in [3.63, 3.8) is 0 Å². The molecule has 1 fully saturated rings. The van der Waals surface area contributed by atoms with Crippen molar-refractivity contribution in [2.45, 2.75) is 12.6 Å². The van der Waals surface area contributed by atoms with Crippen molar-refractivity contribution in [1.29, 1.82) is 0 Å². The van der Waals surface area contributed by atoms with Crippen molar-refractivity contribution in [1.82, 2.24) is 4.90 Å². The van der Waals surface area contributed by atoms with Crippen LogP contribution in [0.15, 0.2) is 0 Å². The highest BCUT2D eigenvalue weighted by Crippen LogP contribution is 2.33. The molecule has 0 N–H and O–H groups in total. The molecule has 13 heavy (non-hydrogen) atoms. The summed E-state index contributed by atoms with van der Waals surface area (Å²) in [5, 5.41) is 0. The molecule has 1 rings (SSSR count). The number of alkyl halides is 4. The maximum absolute atomic E-state index is 12.1. The third kappa shape index (κ3) is 2.49. The minimum Gasteiger partial charge on any atom is -0.341 e. The zero-order chi connectivity index (χ0) is 10.1. The number of rotatable bonds is 1. The minimum absolute atomic E-state index is 0.00781. The monoisotopic (exact) mass is 215 g/mol. The van der Waals surface area contributed by atoms with Crippen molar-refractivity contribution in [2.75, 3.05) is 19.0 Å². The zero-order valence-electron chi connectivity index (χ0n) is 6.77. The molecule has 0 radical (unpaired) electrons. The zero-order valence-corrected chi connectivity index (χ0v) is 7.53. The van der Waals surface area contributed by atoms with Gasteiger partial charge in [0.05, 0.1) is 5.92 Å². The average Bonchev–Trinajstić information content (AvgIpc) is 2.50. The Labute approximate surface area is 78.6 Å². The quantitative estimate of drug-likeness (QED) is 0.609. The van der Waals surface area contributed by atoms with Crippen LogP contribution in [0.5, 0.6) is 0 Å². The van der Waals surface area contributed by atoms with Crippen LogP contribution in [-0.2, 0) is 4.79 Å². The molecule has 0 aromatic heterocycles. The average molecular weight is 216 g/mol. The fourth-order valence-electron chi connectivity index (χ4n) is 1.34. The summed E-state index contributed by atoms with van der Waals surface area (Å²) < 4.78 is 36.4. The molecule has 1 heterocycles. The lowest BCUT2D eigenvalue weighted by molar-refractivity contribution is -0.170. The molecule has 0 aliphatic carbocycles. The van der Waals surface area contributed by atoms with Crippen LogP contribution in [-0.4, -0.2) is 36.0 Å². The van der Waals surface area contributed by atoms with Gasteiger partial charge in [0.25, 0.3) is 0 Å². The predicted octanol–water partition coefficient (Wildman–Crippen LogP) is 1.64. The Bertz CT molecular complexity index is 206. The number of nitrogens with zero attached hydrogens (tertiary/aromatic N) is 1. The summed E-state index contributed by atoms with van der Waals surface area (Å²) in [6.45, 7) is -0.0786. The Hall–Kier alpha value is -0.450. The fraction of sp³-hybridized carbons (Fsp3) is 0.857. The summed E-state index contributed by atoms with van der Waals surface area (Å²) in [6, 6.07) is 0. The molecule has 76 valence electrons. The van der Waals surface area contributed by atoms with Gasteiger partial charge in [0, 0.05) is 13.1 Å². The van der Waals surface area contributed by atoms with Gasteiger partial charge in [-0.05, 0) is 6.42 Å². The Morgan fingerprint density at radius 1 is 1.54 bits per heavy atom. The highest BCUT2D eigenvalue weighted by molar-refractivity contribution is 6.27. The first-order valence-corrected chi connectivity index (χ1v) is 4.39. The van der Waals surface area contributed by atoms with Gasteiger partial charge in [-0.2, -0.15) is 13.2 Å². The second-order valence-corrected chi connectivity index (χ2v) is 3.27. The lowest BCUT2D eigenvalue weighted by Gasteiger charge is -2.16. The standard InChI is InChI=1S/C7H9ClF3NO/c8-3-6(13)12-2-1-5(4-12)7(9,10)11/h5H,1-4H2/t5-/m1/s1. The van der Waals surface area contributed by atoms with Crippen LogP contribution in [0.3, 0.4) is 0 Å². The first-order chi connectivity index (χ1) is 5.95. The van der Waals surface area contributed by atoms with Crippen LogP contribution in [0.1, 0.15) is 6.42 Å². The molecule has 0 unspecified atom stereocenters. The van der Waals surface area contributed by atoms with Crippen LogP contribution in [0.25, 0.3) is 0 Å². The highest BCUT2D eigenvalue weighted by atomic mass is 35.5. The van der Waals surface area contributed by atoms with E-state index in [-0.39, 0.29) is 25.4 Å². The van der Waals surface area contributed by atoms with Crippen molar-refractivity contribution < 1.29 is 18.0 Å². The van der Waals surface area contributed by atoms with Gasteiger partial charge in [-0.15, -0.1) is 11.6 Å². The van der Waals surface area contributed by atoms with E-state index in [4.69, 9.17) is 11.6 Å². The van der Waals surface area contributed by atoms with Crippen LogP contribution < -0.4 is 0 Å². The molecule has 2 nitrogen and oxygen atoms in total. The number of carbonyl (C=O) groups excluding carboxylic acids is 1. The Morgan fingerprint density at radius 3 is 2.54 bits per heavy atom. The molecule has 0 spiro atoms. The van der Waals surface area contributed by atoms with Gasteiger partial charge in [-0.3, -0.25) is 4.79 Å². The van der Waals surface area contributed by atoms with Crippen molar-refractivity contribution in [3.05, 3.63) is 0 Å². The van der Waals surface area contributed by atoms with Gasteiger partial charge < -0.3 is 4.90 Å². The summed E-state index contributed by atoms with van der Waals surface area (Å²) in [7, 11) is 0. The van der Waals surface area contributed by atoms with Crippen LogP contribution in [0.4, 0.5) is 13.2 Å². The molecule has 1 saturated heterocycles. The van der Waals surface area contributed by atoms with E-state index in [0.717, 1.165) is 4.90 Å². The third-order valence-electron chi connectivity index (χ3n) is 2.12. The molecule has 1 amide bonds. The largest absolute Gasteiger partial charge is 0.393 e. The first kappa shape index (κ1) is 10.6. The maximum Gasteiger partial charge on any atom is 0.393 e. The van der Waals surface area contributed by atoms with Gasteiger partial charge in [0.1, 0.15) is 5.88 Å². The van der Waals surface area contributed by atoms with E-state index >= 15 is 0 Å². The van der Waals surface area contributed by atoms with E-state index in [0.29, 0.717) is 0 Å². The van der Waals surface area contributed by atoms with Gasteiger partial charge >= 0.3 is 6.18 Å². The second-order valence-electron chi connectivity index (χ2n) is 3.00. The van der Waals surface area contributed by atoms with E-state index in [1.54, 1.807) is 0 Å². The second kappa shape index (κ2) is 3.74. The fourth-order valence-corrected chi connectivity index (χ4v) is 1.51. The van der Waals surface area contributed by atoms with Gasteiger partial charge in [0.15, 0.2) is 0 Å². The first-order valence-electron chi connectivity index (χ1n) is 3.85. The molecule has 0 saturated carbocycles. The van der Waals surface area contributed by atoms with Crippen molar-refractivity contribution in [2.24, 2.45) is 5.92 Å². The number of likely N-dealkylation sites (tertiary alicyclic amines) is 1. The Balaban J connectivity index is 2.50. The van der Waals surface area contributed by atoms with Crippen LogP contribution >= 0.6 is 11.6 Å². The number of carbonyl (C=O) groups is 1. The van der Waals surface area contributed by atoms with Crippen LogP contribution in [0.2, 0.25) is 0 Å². The van der Waals surface area contributed by atoms with Crippen LogP contribution in [0, 0.1) is 5.92 Å². The number of halogens is 4. The minimum atomic E-state index is -4.19. The number of hydrogen-bond acceptors (Lipinski definition) is 1. The molecular formula is C7H9ClF3NO. The maximum atomic E-state index is 12.1. The number of amides is 1. The molecule has 0 aromatic rings. The highest BCUT2D eigenvalue weighted by Gasteiger charge is 2.44. The molecule has 0 aromatic carbocycles. The molecule has 0 bridgehead atoms.